The molecule has 0 radical (unpaired) electrons. The number of thioether (sulfide) groups is 1. The van der Waals surface area contributed by atoms with Gasteiger partial charge in [0.25, 0.3) is 0 Å². The number of aromatic nitrogens is 2. The minimum absolute atomic E-state index is 0.0210. The van der Waals surface area contributed by atoms with Crippen molar-refractivity contribution >= 4 is 45.8 Å². The van der Waals surface area contributed by atoms with Crippen LogP contribution in [-0.4, -0.2) is 33.7 Å². The van der Waals surface area contributed by atoms with Crippen LogP contribution in [0.2, 0.25) is 0 Å². The average Bonchev–Trinajstić information content (AvgIpc) is 3.29. The number of nitrogens with zero attached hydrogens (tertiary/aromatic N) is 1. The van der Waals surface area contributed by atoms with Crippen molar-refractivity contribution in [1.29, 1.82) is 0 Å². The summed E-state index contributed by atoms with van der Waals surface area (Å²) in [6, 6.07) is 11.4. The van der Waals surface area contributed by atoms with Gasteiger partial charge in [0.1, 0.15) is 5.82 Å². The van der Waals surface area contributed by atoms with Crippen molar-refractivity contribution in [3.63, 3.8) is 0 Å². The van der Waals surface area contributed by atoms with E-state index in [1.54, 1.807) is 11.8 Å². The van der Waals surface area contributed by atoms with Crippen molar-refractivity contribution in [3.8, 4) is 0 Å². The summed E-state index contributed by atoms with van der Waals surface area (Å²) < 4.78 is 0. The molecule has 0 spiro atoms. The smallest absolute Gasteiger partial charge is 0.221 e. The first kappa shape index (κ1) is 19.6. The molecule has 7 heteroatoms. The number of ketones is 1. The molecule has 2 N–H and O–H groups in total. The number of fused-ring (bicyclic) bond motifs is 1. The molecular weight excluding hydrogens is 378 g/mol. The molecule has 0 aliphatic carbocycles. The predicted octanol–water partition coefficient (Wildman–Crippen LogP) is 4.51. The van der Waals surface area contributed by atoms with Crippen molar-refractivity contribution in [2.24, 2.45) is 0 Å². The zero-order valence-corrected chi connectivity index (χ0v) is 17.1. The number of nitrogens with one attached hydrogen (secondary N) is 2. The first-order valence-corrected chi connectivity index (χ1v) is 11.1. The molecule has 142 valence electrons. The summed E-state index contributed by atoms with van der Waals surface area (Å²) in [4.78, 5) is 34.4. The van der Waals surface area contributed by atoms with Gasteiger partial charge in [0.2, 0.25) is 5.91 Å². The van der Waals surface area contributed by atoms with Crippen LogP contribution in [-0.2, 0) is 4.79 Å². The van der Waals surface area contributed by atoms with E-state index < -0.39 is 0 Å². The van der Waals surface area contributed by atoms with Crippen LogP contribution in [0.1, 0.15) is 45.7 Å². The maximum absolute atomic E-state index is 12.4. The Morgan fingerprint density at radius 1 is 1.22 bits per heavy atom. The summed E-state index contributed by atoms with van der Waals surface area (Å²) in [6.45, 7) is 1.97. The van der Waals surface area contributed by atoms with Crippen molar-refractivity contribution < 1.29 is 9.59 Å². The van der Waals surface area contributed by atoms with E-state index in [9.17, 15) is 9.59 Å². The maximum Gasteiger partial charge on any atom is 0.221 e. The molecule has 0 saturated heterocycles. The van der Waals surface area contributed by atoms with E-state index in [0.717, 1.165) is 38.8 Å². The average molecular weight is 402 g/mol. The highest BCUT2D eigenvalue weighted by atomic mass is 32.2. The van der Waals surface area contributed by atoms with Gasteiger partial charge in [-0.1, -0.05) is 12.1 Å². The summed E-state index contributed by atoms with van der Waals surface area (Å²) >= 11 is 3.20. The summed E-state index contributed by atoms with van der Waals surface area (Å²) in [7, 11) is 0. The molecule has 5 nitrogen and oxygen atoms in total. The van der Waals surface area contributed by atoms with Crippen molar-refractivity contribution in [2.75, 3.05) is 12.0 Å². The maximum atomic E-state index is 12.4. The number of thiophene rings is 1. The van der Waals surface area contributed by atoms with Gasteiger partial charge in [-0.05, 0) is 49.6 Å². The Labute approximate surface area is 167 Å². The van der Waals surface area contributed by atoms with Gasteiger partial charge in [0.15, 0.2) is 5.78 Å². The number of aromatic amines is 1. The number of amides is 1. The fraction of sp³-hybridized carbons (Fsp3) is 0.350. The standard InChI is InChI=1S/C20H23N3O2S2/c1-13-7-9-18(27-13)17(24)8-10-19(25)21-16(11-12-26-2)20-22-14-5-3-4-6-15(14)23-20/h3-7,9,16H,8,10-12H2,1-2H3,(H,21,25)(H,22,23). The number of benzene rings is 1. The van der Waals surface area contributed by atoms with Gasteiger partial charge in [0, 0.05) is 17.7 Å². The molecule has 0 aliphatic rings. The largest absolute Gasteiger partial charge is 0.346 e. The lowest BCUT2D eigenvalue weighted by Gasteiger charge is -2.16. The van der Waals surface area contributed by atoms with Crippen LogP contribution in [0, 0.1) is 6.92 Å². The molecule has 0 bridgehead atoms. The van der Waals surface area contributed by atoms with E-state index in [4.69, 9.17) is 0 Å². The fourth-order valence-electron chi connectivity index (χ4n) is 2.85. The van der Waals surface area contributed by atoms with Crippen molar-refractivity contribution in [3.05, 3.63) is 52.0 Å². The van der Waals surface area contributed by atoms with Gasteiger partial charge in [0.05, 0.1) is 22.0 Å². The second-order valence-corrected chi connectivity index (χ2v) is 8.65. The predicted molar refractivity (Wildman–Crippen MR) is 113 cm³/mol. The molecule has 1 amide bonds. The molecule has 0 saturated carbocycles. The molecule has 1 aromatic carbocycles. The zero-order chi connectivity index (χ0) is 19.2. The highest BCUT2D eigenvalue weighted by Crippen LogP contribution is 2.21. The zero-order valence-electron chi connectivity index (χ0n) is 15.5. The normalized spacial score (nSPS) is 12.2. The van der Waals surface area contributed by atoms with Gasteiger partial charge in [-0.25, -0.2) is 4.98 Å². The van der Waals surface area contributed by atoms with Gasteiger partial charge in [-0.15, -0.1) is 11.3 Å². The molecule has 27 heavy (non-hydrogen) atoms. The molecule has 0 aliphatic heterocycles. The molecule has 1 atom stereocenters. The van der Waals surface area contributed by atoms with Gasteiger partial charge in [-0.3, -0.25) is 9.59 Å². The van der Waals surface area contributed by atoms with Gasteiger partial charge in [-0.2, -0.15) is 11.8 Å². The third kappa shape index (κ3) is 5.20. The third-order valence-electron chi connectivity index (χ3n) is 4.28. The van der Waals surface area contributed by atoms with Crippen LogP contribution in [0.3, 0.4) is 0 Å². The van der Waals surface area contributed by atoms with E-state index >= 15 is 0 Å². The quantitative estimate of drug-likeness (QED) is 0.518. The number of hydrogen-bond acceptors (Lipinski definition) is 5. The molecule has 2 aromatic heterocycles. The number of H-pyrrole nitrogens is 1. The highest BCUT2D eigenvalue weighted by molar-refractivity contribution is 7.98. The number of aryl methyl sites for hydroxylation is 1. The third-order valence-corrected chi connectivity index (χ3v) is 5.96. The number of carbonyl (C=O) groups excluding carboxylic acids is 2. The van der Waals surface area contributed by atoms with Crippen LogP contribution >= 0.6 is 23.1 Å². The van der Waals surface area contributed by atoms with Crippen LogP contribution < -0.4 is 5.32 Å². The number of imidazole rings is 1. The van der Waals surface area contributed by atoms with Crippen LogP contribution in [0.25, 0.3) is 11.0 Å². The summed E-state index contributed by atoms with van der Waals surface area (Å²) in [5, 5.41) is 3.05. The monoisotopic (exact) mass is 401 g/mol. The molecule has 3 rings (SSSR count). The molecule has 1 unspecified atom stereocenters. The lowest BCUT2D eigenvalue weighted by atomic mass is 10.1. The van der Waals surface area contributed by atoms with E-state index in [1.807, 2.05) is 49.6 Å². The van der Waals surface area contributed by atoms with Gasteiger partial charge < -0.3 is 10.3 Å². The topological polar surface area (TPSA) is 74.8 Å². The molecular formula is C20H23N3O2S2. The van der Waals surface area contributed by atoms with E-state index in [-0.39, 0.29) is 30.6 Å². The van der Waals surface area contributed by atoms with E-state index in [0.29, 0.717) is 0 Å². The van der Waals surface area contributed by atoms with Crippen LogP contribution in [0.4, 0.5) is 0 Å². The van der Waals surface area contributed by atoms with Gasteiger partial charge >= 0.3 is 0 Å². The Balaban J connectivity index is 1.63. The molecule has 2 heterocycles. The van der Waals surface area contributed by atoms with Crippen molar-refractivity contribution in [2.45, 2.75) is 32.2 Å². The summed E-state index contributed by atoms with van der Waals surface area (Å²) in [5.74, 6) is 1.57. The van der Waals surface area contributed by atoms with E-state index in [1.165, 1.54) is 11.3 Å². The Morgan fingerprint density at radius 2 is 2.04 bits per heavy atom. The minimum Gasteiger partial charge on any atom is -0.346 e. The van der Waals surface area contributed by atoms with Crippen molar-refractivity contribution in [1.82, 2.24) is 15.3 Å². The molecule has 3 aromatic rings. The summed E-state index contributed by atoms with van der Waals surface area (Å²) in [5.41, 5.74) is 1.85. The second kappa shape index (κ2) is 9.19. The number of para-hydroxylation sites is 2. The fourth-order valence-corrected chi connectivity index (χ4v) is 4.16. The Morgan fingerprint density at radius 3 is 2.74 bits per heavy atom. The SMILES string of the molecule is CSCCC(NC(=O)CCC(=O)c1ccc(C)s1)c1nc2ccccc2[nH]1. The number of rotatable bonds is 9. The van der Waals surface area contributed by atoms with Crippen LogP contribution in [0.5, 0.6) is 0 Å². The first-order valence-electron chi connectivity index (χ1n) is 8.89. The Hall–Kier alpha value is -2.12. The summed E-state index contributed by atoms with van der Waals surface area (Å²) in [6.07, 6.45) is 3.23. The van der Waals surface area contributed by atoms with E-state index in [2.05, 4.69) is 15.3 Å². The first-order chi connectivity index (χ1) is 13.1. The second-order valence-electron chi connectivity index (χ2n) is 6.37. The number of hydrogen-bond donors (Lipinski definition) is 2. The lowest BCUT2D eigenvalue weighted by Crippen LogP contribution is -2.30. The Kier molecular flexibility index (Phi) is 6.68. The van der Waals surface area contributed by atoms with Crippen LogP contribution in [0.15, 0.2) is 36.4 Å². The highest BCUT2D eigenvalue weighted by Gasteiger charge is 2.19. The number of Topliss-reactive ketones (excluding diaryl/α,β-unsaturated/α-hetero) is 1. The minimum atomic E-state index is -0.184. The molecule has 0 fully saturated rings. The Bertz CT molecular complexity index is 899. The number of carbonyl (C=O) groups is 2. The lowest BCUT2D eigenvalue weighted by molar-refractivity contribution is -0.121.